The number of hydrogen-bond acceptors (Lipinski definition) is 3. The number of nitrogens with one attached hydrogen (secondary N) is 1. The van der Waals surface area contributed by atoms with Crippen LogP contribution in [0.4, 0.5) is 13.2 Å². The van der Waals surface area contributed by atoms with Gasteiger partial charge in [0, 0.05) is 30.6 Å². The van der Waals surface area contributed by atoms with Crippen molar-refractivity contribution in [1.82, 2.24) is 19.8 Å². The van der Waals surface area contributed by atoms with Crippen LogP contribution >= 0.6 is 0 Å². The van der Waals surface area contributed by atoms with Crippen LogP contribution in [0.15, 0.2) is 55.0 Å². The van der Waals surface area contributed by atoms with Gasteiger partial charge >= 0.3 is 0 Å². The fourth-order valence-corrected chi connectivity index (χ4v) is 3.61. The second-order valence-electron chi connectivity index (χ2n) is 7.36. The van der Waals surface area contributed by atoms with Gasteiger partial charge in [0.2, 0.25) is 5.91 Å². The summed E-state index contributed by atoms with van der Waals surface area (Å²) >= 11 is 0. The molecule has 1 atom stereocenters. The van der Waals surface area contributed by atoms with E-state index in [2.05, 4.69) is 10.3 Å². The third-order valence-electron chi connectivity index (χ3n) is 5.28. The molecule has 2 heterocycles. The van der Waals surface area contributed by atoms with Crippen molar-refractivity contribution in [2.24, 2.45) is 0 Å². The van der Waals surface area contributed by atoms with Crippen LogP contribution in [0, 0.1) is 17.5 Å². The number of amides is 2. The van der Waals surface area contributed by atoms with Gasteiger partial charge in [0.1, 0.15) is 0 Å². The van der Waals surface area contributed by atoms with Gasteiger partial charge in [-0.15, -0.1) is 0 Å². The summed E-state index contributed by atoms with van der Waals surface area (Å²) in [5.74, 6) is -4.93. The molecule has 1 aliphatic rings. The molecule has 4 rings (SSSR count). The summed E-state index contributed by atoms with van der Waals surface area (Å²) in [7, 11) is 0. The van der Waals surface area contributed by atoms with Crippen molar-refractivity contribution in [1.29, 1.82) is 0 Å². The fraction of sp³-hybridized carbons (Fsp3) is 0.227. The van der Waals surface area contributed by atoms with Gasteiger partial charge in [0.25, 0.3) is 5.91 Å². The van der Waals surface area contributed by atoms with E-state index >= 15 is 0 Å². The van der Waals surface area contributed by atoms with Crippen LogP contribution in [0.3, 0.4) is 0 Å². The van der Waals surface area contributed by atoms with E-state index in [1.807, 2.05) is 6.07 Å². The molecular formula is C22H19F3N4O2. The predicted octanol–water partition coefficient (Wildman–Crippen LogP) is 3.20. The Morgan fingerprint density at radius 1 is 1.13 bits per heavy atom. The van der Waals surface area contributed by atoms with Crippen molar-refractivity contribution in [3.63, 3.8) is 0 Å². The van der Waals surface area contributed by atoms with Crippen molar-refractivity contribution in [2.45, 2.75) is 25.6 Å². The van der Waals surface area contributed by atoms with Crippen molar-refractivity contribution >= 4 is 11.8 Å². The van der Waals surface area contributed by atoms with Gasteiger partial charge in [-0.2, -0.15) is 0 Å². The molecule has 0 spiro atoms. The SMILES string of the molecule is O=C(NCc1cncn1CN1CC(c2cc(F)c(F)c(F)c2)CC1=O)c1ccccc1. The van der Waals surface area contributed by atoms with E-state index in [0.717, 1.165) is 12.1 Å². The smallest absolute Gasteiger partial charge is 0.251 e. The van der Waals surface area contributed by atoms with E-state index < -0.39 is 23.4 Å². The van der Waals surface area contributed by atoms with Crippen LogP contribution in [0.1, 0.15) is 34.0 Å². The first kappa shape index (κ1) is 20.6. The lowest BCUT2D eigenvalue weighted by molar-refractivity contribution is -0.129. The van der Waals surface area contributed by atoms with Crippen molar-refractivity contribution in [3.8, 4) is 0 Å². The van der Waals surface area contributed by atoms with E-state index in [0.29, 0.717) is 11.3 Å². The first-order valence-electron chi connectivity index (χ1n) is 9.67. The lowest BCUT2D eigenvalue weighted by atomic mass is 9.98. The first-order valence-corrected chi connectivity index (χ1v) is 9.67. The third kappa shape index (κ3) is 4.45. The minimum Gasteiger partial charge on any atom is -0.346 e. The highest BCUT2D eigenvalue weighted by Gasteiger charge is 2.32. The minimum atomic E-state index is -1.52. The second-order valence-corrected chi connectivity index (χ2v) is 7.36. The maximum absolute atomic E-state index is 13.6. The third-order valence-corrected chi connectivity index (χ3v) is 5.28. The van der Waals surface area contributed by atoms with E-state index in [9.17, 15) is 22.8 Å². The number of benzene rings is 2. The maximum Gasteiger partial charge on any atom is 0.251 e. The zero-order valence-electron chi connectivity index (χ0n) is 16.4. The van der Waals surface area contributed by atoms with Crippen LogP contribution in [0.5, 0.6) is 0 Å². The van der Waals surface area contributed by atoms with Gasteiger partial charge in [-0.3, -0.25) is 9.59 Å². The Hall–Kier alpha value is -3.62. The van der Waals surface area contributed by atoms with Crippen LogP contribution in [-0.2, 0) is 18.0 Å². The quantitative estimate of drug-likeness (QED) is 0.614. The predicted molar refractivity (Wildman–Crippen MR) is 105 cm³/mol. The van der Waals surface area contributed by atoms with Gasteiger partial charge in [0.05, 0.1) is 25.2 Å². The lowest BCUT2D eigenvalue weighted by Crippen LogP contribution is -2.30. The molecule has 1 aliphatic heterocycles. The number of halogens is 3. The number of imidazole rings is 1. The highest BCUT2D eigenvalue weighted by Crippen LogP contribution is 2.30. The van der Waals surface area contributed by atoms with Gasteiger partial charge in [-0.05, 0) is 29.8 Å². The van der Waals surface area contributed by atoms with Gasteiger partial charge < -0.3 is 14.8 Å². The average Bonchev–Trinajstić information content (AvgIpc) is 3.37. The molecule has 1 N–H and O–H groups in total. The van der Waals surface area contributed by atoms with E-state index in [-0.39, 0.29) is 43.6 Å². The number of likely N-dealkylation sites (tertiary alicyclic amines) is 1. The summed E-state index contributed by atoms with van der Waals surface area (Å²) in [5, 5.41) is 2.81. The largest absolute Gasteiger partial charge is 0.346 e. The standard InChI is InChI=1S/C22H19F3N4O2/c23-18-6-15(7-19(24)21(18)25)16-8-20(30)28(11-16)13-29-12-26-9-17(29)10-27-22(31)14-4-2-1-3-5-14/h1-7,9,12,16H,8,10-11,13H2,(H,27,31). The summed E-state index contributed by atoms with van der Waals surface area (Å²) < 4.78 is 42.1. The van der Waals surface area contributed by atoms with Crippen LogP contribution < -0.4 is 5.32 Å². The Morgan fingerprint density at radius 3 is 2.55 bits per heavy atom. The topological polar surface area (TPSA) is 67.2 Å². The van der Waals surface area contributed by atoms with Crippen LogP contribution in [0.2, 0.25) is 0 Å². The molecule has 160 valence electrons. The van der Waals surface area contributed by atoms with Crippen LogP contribution in [-0.4, -0.2) is 32.8 Å². The average molecular weight is 428 g/mol. The minimum absolute atomic E-state index is 0.0687. The number of nitrogens with zero attached hydrogens (tertiary/aromatic N) is 3. The summed E-state index contributed by atoms with van der Waals surface area (Å²) in [6.07, 6.45) is 3.20. The van der Waals surface area contributed by atoms with Crippen molar-refractivity contribution in [2.75, 3.05) is 6.54 Å². The number of aromatic nitrogens is 2. The molecule has 2 amide bonds. The molecule has 0 bridgehead atoms. The summed E-state index contributed by atoms with van der Waals surface area (Å²) in [6.45, 7) is 0.628. The monoisotopic (exact) mass is 428 g/mol. The van der Waals surface area contributed by atoms with Crippen molar-refractivity contribution in [3.05, 3.63) is 89.3 Å². The number of hydrogen-bond donors (Lipinski definition) is 1. The molecule has 6 nitrogen and oxygen atoms in total. The van der Waals surface area contributed by atoms with Gasteiger partial charge in [-0.1, -0.05) is 18.2 Å². The fourth-order valence-electron chi connectivity index (χ4n) is 3.61. The Bertz CT molecular complexity index is 1090. The molecule has 0 saturated carbocycles. The molecule has 1 unspecified atom stereocenters. The van der Waals surface area contributed by atoms with E-state index in [1.165, 1.54) is 4.90 Å². The summed E-state index contributed by atoms with van der Waals surface area (Å²) in [6, 6.07) is 10.6. The summed E-state index contributed by atoms with van der Waals surface area (Å²) in [5.41, 5.74) is 1.47. The molecule has 2 aromatic carbocycles. The Morgan fingerprint density at radius 2 is 1.84 bits per heavy atom. The molecule has 0 radical (unpaired) electrons. The number of carbonyl (C=O) groups excluding carboxylic acids is 2. The highest BCUT2D eigenvalue weighted by molar-refractivity contribution is 5.94. The lowest BCUT2D eigenvalue weighted by Gasteiger charge is -2.19. The summed E-state index contributed by atoms with van der Waals surface area (Å²) in [4.78, 5) is 30.3. The van der Waals surface area contributed by atoms with Crippen molar-refractivity contribution < 1.29 is 22.8 Å². The molecule has 1 saturated heterocycles. The first-order chi connectivity index (χ1) is 14.9. The van der Waals surface area contributed by atoms with Crippen LogP contribution in [0.25, 0.3) is 0 Å². The van der Waals surface area contributed by atoms with E-state index in [1.54, 1.807) is 41.4 Å². The second kappa shape index (κ2) is 8.63. The molecule has 1 fully saturated rings. The normalized spacial score (nSPS) is 16.0. The zero-order valence-corrected chi connectivity index (χ0v) is 16.4. The highest BCUT2D eigenvalue weighted by atomic mass is 19.2. The molecule has 3 aromatic rings. The number of carbonyl (C=O) groups is 2. The number of rotatable bonds is 6. The molecule has 0 aliphatic carbocycles. The molecule has 31 heavy (non-hydrogen) atoms. The van der Waals surface area contributed by atoms with Gasteiger partial charge in [0.15, 0.2) is 17.5 Å². The van der Waals surface area contributed by atoms with E-state index in [4.69, 9.17) is 0 Å². The van der Waals surface area contributed by atoms with Gasteiger partial charge in [-0.25, -0.2) is 18.2 Å². The molecule has 9 heteroatoms. The Kier molecular flexibility index (Phi) is 5.75. The maximum atomic E-state index is 13.6. The Balaban J connectivity index is 1.41. The molecule has 1 aromatic heterocycles. The molecular weight excluding hydrogens is 409 g/mol. The zero-order chi connectivity index (χ0) is 22.0. The Labute approximate surface area is 176 Å².